The Labute approximate surface area is 219 Å². The molecule has 1 aliphatic carbocycles. The van der Waals surface area contributed by atoms with E-state index in [1.807, 2.05) is 28.8 Å². The van der Waals surface area contributed by atoms with Crippen LogP contribution in [0.15, 0.2) is 61.1 Å². The van der Waals surface area contributed by atoms with E-state index in [1.54, 1.807) is 36.7 Å². The highest BCUT2D eigenvalue weighted by atomic mass is 16.4. The van der Waals surface area contributed by atoms with Crippen LogP contribution in [0.2, 0.25) is 0 Å². The molecule has 38 heavy (non-hydrogen) atoms. The number of aliphatic carboxylic acids is 1. The number of aromatic nitrogens is 4. The van der Waals surface area contributed by atoms with Crippen LogP contribution in [0.25, 0.3) is 16.8 Å². The monoisotopic (exact) mass is 511 g/mol. The molecule has 1 amide bonds. The molecule has 194 valence electrons. The van der Waals surface area contributed by atoms with Crippen LogP contribution in [0.4, 0.5) is 11.6 Å². The largest absolute Gasteiger partial charge is 0.481 e. The first kappa shape index (κ1) is 24.1. The van der Waals surface area contributed by atoms with Gasteiger partial charge in [0.25, 0.3) is 5.91 Å². The maximum absolute atomic E-state index is 12.7. The minimum Gasteiger partial charge on any atom is -0.481 e. The summed E-state index contributed by atoms with van der Waals surface area (Å²) in [6, 6.07) is 12.6. The molecule has 10 nitrogen and oxygen atoms in total. The Balaban J connectivity index is 1.25. The number of benzene rings is 1. The summed E-state index contributed by atoms with van der Waals surface area (Å²) in [5.41, 5.74) is 9.17. The van der Waals surface area contributed by atoms with Crippen LogP contribution in [0.1, 0.15) is 41.4 Å². The molecule has 4 N–H and O–H groups in total. The van der Waals surface area contributed by atoms with Crippen molar-refractivity contribution in [2.24, 2.45) is 11.8 Å². The van der Waals surface area contributed by atoms with Gasteiger partial charge in [0.1, 0.15) is 28.7 Å². The summed E-state index contributed by atoms with van der Waals surface area (Å²) in [6.07, 6.45) is 8.00. The van der Waals surface area contributed by atoms with Crippen molar-refractivity contribution >= 4 is 29.0 Å². The van der Waals surface area contributed by atoms with Gasteiger partial charge in [0.15, 0.2) is 0 Å². The van der Waals surface area contributed by atoms with Crippen molar-refractivity contribution in [3.05, 3.63) is 72.4 Å². The lowest BCUT2D eigenvalue weighted by molar-refractivity contribution is -0.138. The standard InChI is InChI=1S/C28H29N7O3/c29-25-24-23(17-6-8-18(9-7-17)27(36)32-22-5-1-2-10-30-22)33-26(35(24)13-11-31-25)19-4-3-12-34(15-19)16-20-14-21(20)28(37)38/h1-2,5-11,13,19-21H,3-4,12,14-16H2,(H2,29,31)(H,37,38)(H,30,32,36)/t19-,20?,21?/m1/s1. The van der Waals surface area contributed by atoms with Gasteiger partial charge >= 0.3 is 5.97 Å². The van der Waals surface area contributed by atoms with E-state index in [4.69, 9.17) is 10.7 Å². The number of anilines is 2. The van der Waals surface area contributed by atoms with Crippen molar-refractivity contribution in [3.63, 3.8) is 0 Å². The fraction of sp³-hybridized carbons (Fsp3) is 0.321. The highest BCUT2D eigenvalue weighted by Gasteiger charge is 2.44. The van der Waals surface area contributed by atoms with Gasteiger partial charge in [0.05, 0.1) is 5.92 Å². The number of nitrogens with zero attached hydrogens (tertiary/aromatic N) is 5. The summed E-state index contributed by atoms with van der Waals surface area (Å²) >= 11 is 0. The number of carbonyl (C=O) groups excluding carboxylic acids is 1. The van der Waals surface area contributed by atoms with Gasteiger partial charge in [-0.1, -0.05) is 18.2 Å². The average molecular weight is 512 g/mol. The van der Waals surface area contributed by atoms with Crippen molar-refractivity contribution in [3.8, 4) is 11.3 Å². The van der Waals surface area contributed by atoms with Crippen molar-refractivity contribution in [2.75, 3.05) is 30.7 Å². The Morgan fingerprint density at radius 2 is 1.95 bits per heavy atom. The molecule has 3 aromatic heterocycles. The summed E-state index contributed by atoms with van der Waals surface area (Å²) in [5, 5.41) is 12.1. The van der Waals surface area contributed by atoms with Crippen molar-refractivity contribution in [1.29, 1.82) is 0 Å². The number of nitrogens with one attached hydrogen (secondary N) is 1. The van der Waals surface area contributed by atoms with Crippen LogP contribution in [0, 0.1) is 11.8 Å². The van der Waals surface area contributed by atoms with Crippen LogP contribution < -0.4 is 11.1 Å². The van der Waals surface area contributed by atoms with E-state index in [-0.39, 0.29) is 23.7 Å². The lowest BCUT2D eigenvalue weighted by Gasteiger charge is -2.32. The first-order chi connectivity index (χ1) is 18.5. The molecule has 6 rings (SSSR count). The molecule has 2 fully saturated rings. The average Bonchev–Trinajstić information content (AvgIpc) is 3.59. The number of carbonyl (C=O) groups is 2. The van der Waals surface area contributed by atoms with Crippen LogP contribution in [0.5, 0.6) is 0 Å². The van der Waals surface area contributed by atoms with E-state index in [0.29, 0.717) is 17.2 Å². The second-order valence-corrected chi connectivity index (χ2v) is 10.1. The Morgan fingerprint density at radius 1 is 1.11 bits per heavy atom. The maximum atomic E-state index is 12.7. The second-order valence-electron chi connectivity index (χ2n) is 10.1. The molecule has 1 aromatic carbocycles. The zero-order valence-electron chi connectivity index (χ0n) is 20.8. The summed E-state index contributed by atoms with van der Waals surface area (Å²) in [6.45, 7) is 2.62. The van der Waals surface area contributed by atoms with E-state index < -0.39 is 5.97 Å². The molecule has 1 aliphatic heterocycles. The second kappa shape index (κ2) is 9.86. The zero-order chi connectivity index (χ0) is 26.2. The normalized spacial score (nSPS) is 21.3. The number of carboxylic acids is 1. The van der Waals surface area contributed by atoms with Gasteiger partial charge in [0.2, 0.25) is 0 Å². The number of likely N-dealkylation sites (tertiary alicyclic amines) is 1. The first-order valence-corrected chi connectivity index (χ1v) is 12.9. The van der Waals surface area contributed by atoms with Gasteiger partial charge < -0.3 is 21.1 Å². The highest BCUT2D eigenvalue weighted by Crippen LogP contribution is 2.41. The predicted molar refractivity (Wildman–Crippen MR) is 143 cm³/mol. The molecule has 0 radical (unpaired) electrons. The fourth-order valence-corrected chi connectivity index (χ4v) is 5.50. The quantitative estimate of drug-likeness (QED) is 0.343. The summed E-state index contributed by atoms with van der Waals surface area (Å²) < 4.78 is 2.03. The van der Waals surface area contributed by atoms with Crippen LogP contribution >= 0.6 is 0 Å². The number of carboxylic acid groups (broad SMARTS) is 1. The third-order valence-corrected chi connectivity index (χ3v) is 7.54. The van der Waals surface area contributed by atoms with E-state index in [0.717, 1.165) is 61.5 Å². The topological polar surface area (TPSA) is 139 Å². The van der Waals surface area contributed by atoms with Crippen molar-refractivity contribution in [1.82, 2.24) is 24.3 Å². The zero-order valence-corrected chi connectivity index (χ0v) is 20.8. The number of imidazole rings is 1. The van der Waals surface area contributed by atoms with E-state index >= 15 is 0 Å². The Hall–Kier alpha value is -4.31. The van der Waals surface area contributed by atoms with Crippen LogP contribution in [0.3, 0.4) is 0 Å². The fourth-order valence-electron chi connectivity index (χ4n) is 5.50. The third kappa shape index (κ3) is 4.70. The van der Waals surface area contributed by atoms with Gasteiger partial charge in [-0.25, -0.2) is 15.0 Å². The lowest BCUT2D eigenvalue weighted by Crippen LogP contribution is -2.36. The van der Waals surface area contributed by atoms with Crippen LogP contribution in [-0.4, -0.2) is 60.9 Å². The number of pyridine rings is 1. The number of rotatable bonds is 7. The molecular formula is C28H29N7O3. The SMILES string of the molecule is Nc1nccn2c([C@@H]3CCCN(CC4CC4C(=O)O)C3)nc(-c3ccc(C(=O)Nc4ccccn4)cc3)c12. The Bertz CT molecular complexity index is 1490. The molecule has 10 heteroatoms. The molecule has 0 spiro atoms. The molecule has 1 saturated carbocycles. The van der Waals surface area contributed by atoms with E-state index in [2.05, 4.69) is 20.2 Å². The Kier molecular flexibility index (Phi) is 6.24. The van der Waals surface area contributed by atoms with Gasteiger partial charge in [-0.05, 0) is 56.0 Å². The molecular weight excluding hydrogens is 482 g/mol. The summed E-state index contributed by atoms with van der Waals surface area (Å²) in [4.78, 5) is 39.9. The van der Waals surface area contributed by atoms with E-state index in [9.17, 15) is 14.7 Å². The number of amides is 1. The summed E-state index contributed by atoms with van der Waals surface area (Å²) in [5.74, 6) is 1.13. The van der Waals surface area contributed by atoms with Crippen LogP contribution in [-0.2, 0) is 4.79 Å². The molecule has 2 aliphatic rings. The molecule has 3 atom stereocenters. The van der Waals surface area contributed by atoms with Gasteiger partial charge in [-0.3, -0.25) is 14.0 Å². The number of fused-ring (bicyclic) bond motifs is 1. The van der Waals surface area contributed by atoms with Gasteiger partial charge in [-0.15, -0.1) is 0 Å². The predicted octanol–water partition coefficient (Wildman–Crippen LogP) is 3.53. The molecule has 1 saturated heterocycles. The number of nitrogen functional groups attached to an aromatic ring is 1. The van der Waals surface area contributed by atoms with Gasteiger partial charge in [0, 0.05) is 48.7 Å². The third-order valence-electron chi connectivity index (χ3n) is 7.54. The molecule has 0 bridgehead atoms. The highest BCUT2D eigenvalue weighted by molar-refractivity contribution is 6.04. The molecule has 4 aromatic rings. The van der Waals surface area contributed by atoms with E-state index in [1.165, 1.54) is 0 Å². The number of nitrogens with two attached hydrogens (primary N) is 1. The number of hydrogen-bond acceptors (Lipinski definition) is 7. The maximum Gasteiger partial charge on any atom is 0.306 e. The Morgan fingerprint density at radius 3 is 2.68 bits per heavy atom. The van der Waals surface area contributed by atoms with Gasteiger partial charge in [-0.2, -0.15) is 0 Å². The molecule has 2 unspecified atom stereocenters. The lowest BCUT2D eigenvalue weighted by atomic mass is 9.97. The van der Waals surface area contributed by atoms with Crippen molar-refractivity contribution in [2.45, 2.75) is 25.2 Å². The summed E-state index contributed by atoms with van der Waals surface area (Å²) in [7, 11) is 0. The number of piperidine rings is 1. The minimum atomic E-state index is -0.685. The first-order valence-electron chi connectivity index (χ1n) is 12.9. The smallest absolute Gasteiger partial charge is 0.306 e. The van der Waals surface area contributed by atoms with Crippen molar-refractivity contribution < 1.29 is 14.7 Å². The minimum absolute atomic E-state index is 0.192. The molecule has 4 heterocycles. The number of hydrogen-bond donors (Lipinski definition) is 3.